The van der Waals surface area contributed by atoms with E-state index in [1.54, 1.807) is 7.11 Å². The average Bonchev–Trinajstić information content (AvgIpc) is 3.18. The minimum absolute atomic E-state index is 0.0236. The van der Waals surface area contributed by atoms with E-state index in [1.165, 1.54) is 50.8 Å². The van der Waals surface area contributed by atoms with Gasteiger partial charge in [0.1, 0.15) is 5.75 Å². The topological polar surface area (TPSA) is 32.8 Å². The van der Waals surface area contributed by atoms with Gasteiger partial charge < -0.3 is 9.64 Å². The van der Waals surface area contributed by atoms with E-state index >= 15 is 0 Å². The smallest absolute Gasteiger partial charge is 0.214 e. The predicted molar refractivity (Wildman–Crippen MR) is 96.1 cm³/mol. The van der Waals surface area contributed by atoms with Crippen molar-refractivity contribution in [2.24, 2.45) is 5.41 Å². The molecule has 2 atom stereocenters. The number of hydrogen-bond acceptors (Lipinski definition) is 3. The molecule has 4 heteroatoms. The molecule has 3 aliphatic heterocycles. The van der Waals surface area contributed by atoms with Gasteiger partial charge in [0.25, 0.3) is 0 Å². The van der Waals surface area contributed by atoms with Crippen molar-refractivity contribution in [2.75, 3.05) is 25.1 Å². The van der Waals surface area contributed by atoms with E-state index in [0.717, 1.165) is 30.7 Å². The summed E-state index contributed by atoms with van der Waals surface area (Å²) in [5.41, 5.74) is 3.05. The van der Waals surface area contributed by atoms with Crippen LogP contribution in [0.4, 0.5) is 5.69 Å². The van der Waals surface area contributed by atoms with E-state index in [-0.39, 0.29) is 11.0 Å². The maximum atomic E-state index is 12.4. The number of ether oxygens (including phenoxy) is 1. The first-order valence-corrected chi connectivity index (χ1v) is 9.89. The minimum Gasteiger partial charge on any atom is -0.495 e. The summed E-state index contributed by atoms with van der Waals surface area (Å²) in [5.74, 6) is 0.870. The molecule has 2 saturated heterocycles. The van der Waals surface area contributed by atoms with E-state index < -0.39 is 0 Å². The number of rotatable bonds is 2. The van der Waals surface area contributed by atoms with Gasteiger partial charge in [-0.2, -0.15) is 0 Å². The van der Waals surface area contributed by atoms with E-state index in [9.17, 15) is 4.79 Å². The summed E-state index contributed by atoms with van der Waals surface area (Å²) >= 11 is 0. The van der Waals surface area contributed by atoms with E-state index in [1.807, 2.05) is 6.07 Å². The molecular formula is C21H26N2O2. The SMILES string of the molecule is COc1cccc2c1N(C=O)C13CCC4(CCCN5CCC21C54)CC3. The lowest BCUT2D eigenvalue weighted by Crippen LogP contribution is -2.74. The molecule has 3 aliphatic carbocycles. The normalized spacial score (nSPS) is 43.6. The van der Waals surface area contributed by atoms with Crippen molar-refractivity contribution in [3.8, 4) is 5.75 Å². The number of carbonyl (C=O) groups is 1. The summed E-state index contributed by atoms with van der Waals surface area (Å²) in [4.78, 5) is 17.3. The van der Waals surface area contributed by atoms with Gasteiger partial charge in [-0.1, -0.05) is 12.1 Å². The van der Waals surface area contributed by atoms with Crippen LogP contribution in [0, 0.1) is 5.41 Å². The second-order valence-corrected chi connectivity index (χ2v) is 8.99. The van der Waals surface area contributed by atoms with E-state index in [0.29, 0.717) is 11.5 Å². The van der Waals surface area contributed by atoms with Gasteiger partial charge in [0.15, 0.2) is 0 Å². The van der Waals surface area contributed by atoms with Gasteiger partial charge >= 0.3 is 0 Å². The minimum atomic E-state index is -0.0236. The molecule has 3 spiro atoms. The van der Waals surface area contributed by atoms with Crippen molar-refractivity contribution in [3.05, 3.63) is 23.8 Å². The Bertz CT molecular complexity index is 767. The number of hydrogen-bond donors (Lipinski definition) is 0. The molecule has 0 aromatic heterocycles. The Kier molecular flexibility index (Phi) is 2.57. The summed E-state index contributed by atoms with van der Waals surface area (Å²) in [5, 5.41) is 0. The highest BCUT2D eigenvalue weighted by Gasteiger charge is 2.77. The fourth-order valence-electron chi connectivity index (χ4n) is 8.09. The molecule has 1 aromatic rings. The number of piperidine rings is 1. The number of carbonyl (C=O) groups excluding carboxylic acids is 1. The average molecular weight is 338 g/mol. The summed E-state index contributed by atoms with van der Waals surface area (Å²) in [6.45, 7) is 2.43. The zero-order chi connectivity index (χ0) is 16.9. The van der Waals surface area contributed by atoms with E-state index in [4.69, 9.17) is 4.74 Å². The molecule has 1 amide bonds. The van der Waals surface area contributed by atoms with Crippen LogP contribution in [0.25, 0.3) is 0 Å². The lowest BCUT2D eigenvalue weighted by molar-refractivity contribution is -0.121. The molecule has 3 saturated carbocycles. The first-order chi connectivity index (χ1) is 12.2. The van der Waals surface area contributed by atoms with Crippen LogP contribution in [0.15, 0.2) is 18.2 Å². The third-order valence-corrected chi connectivity index (χ3v) is 8.74. The standard InChI is InChI=1S/C21H26N2O2/c1-25-16-5-2-4-15-17(16)23(14-24)20-9-7-19(8-10-20)6-3-12-22-13-11-21(15,20)18(19)22/h2,4-5,14,18H,3,6-13H2,1H3. The Morgan fingerprint density at radius 2 is 1.96 bits per heavy atom. The van der Waals surface area contributed by atoms with E-state index in [2.05, 4.69) is 21.9 Å². The maximum absolute atomic E-state index is 12.4. The lowest BCUT2D eigenvalue weighted by atomic mass is 9.41. The zero-order valence-corrected chi connectivity index (χ0v) is 15.0. The maximum Gasteiger partial charge on any atom is 0.214 e. The van der Waals surface area contributed by atoms with Crippen LogP contribution in [0.2, 0.25) is 0 Å². The number of benzene rings is 1. The predicted octanol–water partition coefficient (Wildman–Crippen LogP) is 3.09. The highest BCUT2D eigenvalue weighted by Crippen LogP contribution is 2.74. The Labute approximate surface area is 149 Å². The van der Waals surface area contributed by atoms with Crippen molar-refractivity contribution < 1.29 is 9.53 Å². The molecule has 1 aromatic carbocycles. The van der Waals surface area contributed by atoms with Gasteiger partial charge in [-0.05, 0) is 75.1 Å². The number of anilines is 1. The zero-order valence-electron chi connectivity index (χ0n) is 15.0. The molecule has 7 rings (SSSR count). The molecule has 0 radical (unpaired) electrons. The van der Waals surface area contributed by atoms with Crippen LogP contribution in [0.3, 0.4) is 0 Å². The first kappa shape index (κ1) is 14.6. The van der Waals surface area contributed by atoms with Crippen LogP contribution in [-0.4, -0.2) is 43.1 Å². The molecular weight excluding hydrogens is 312 g/mol. The molecule has 25 heavy (non-hydrogen) atoms. The second-order valence-electron chi connectivity index (χ2n) is 8.99. The van der Waals surface area contributed by atoms with Crippen molar-refractivity contribution in [3.63, 3.8) is 0 Å². The number of nitrogens with zero attached hydrogens (tertiary/aromatic N) is 2. The Morgan fingerprint density at radius 3 is 2.72 bits per heavy atom. The van der Waals surface area contributed by atoms with Gasteiger partial charge in [0.2, 0.25) is 6.41 Å². The number of para-hydroxylation sites is 1. The van der Waals surface area contributed by atoms with Crippen molar-refractivity contribution in [1.82, 2.24) is 4.90 Å². The molecule has 5 fully saturated rings. The molecule has 2 unspecified atom stereocenters. The largest absolute Gasteiger partial charge is 0.495 e. The molecule has 0 N–H and O–H groups in total. The van der Waals surface area contributed by atoms with Crippen molar-refractivity contribution in [2.45, 2.75) is 61.9 Å². The molecule has 4 nitrogen and oxygen atoms in total. The summed E-state index contributed by atoms with van der Waals surface area (Å²) in [6.07, 6.45) is 9.94. The van der Waals surface area contributed by atoms with Gasteiger partial charge in [0, 0.05) is 11.5 Å². The lowest BCUT2D eigenvalue weighted by Gasteiger charge is -2.68. The van der Waals surface area contributed by atoms with Crippen molar-refractivity contribution >= 4 is 12.1 Å². The van der Waals surface area contributed by atoms with Crippen LogP contribution in [0.5, 0.6) is 5.75 Å². The number of amides is 1. The third-order valence-electron chi connectivity index (χ3n) is 8.74. The number of fused-ring (bicyclic) bond motifs is 3. The summed E-state index contributed by atoms with van der Waals surface area (Å²) in [6, 6.07) is 7.08. The van der Waals surface area contributed by atoms with Gasteiger partial charge in [-0.15, -0.1) is 0 Å². The summed E-state index contributed by atoms with van der Waals surface area (Å²) < 4.78 is 5.72. The fourth-order valence-corrected chi connectivity index (χ4v) is 8.09. The Hall–Kier alpha value is -1.55. The van der Waals surface area contributed by atoms with Crippen LogP contribution in [-0.2, 0) is 10.2 Å². The highest BCUT2D eigenvalue weighted by atomic mass is 16.5. The second kappa shape index (κ2) is 4.40. The van der Waals surface area contributed by atoms with Crippen molar-refractivity contribution in [1.29, 1.82) is 0 Å². The monoisotopic (exact) mass is 338 g/mol. The Balaban J connectivity index is 1.69. The first-order valence-electron chi connectivity index (χ1n) is 9.89. The quantitative estimate of drug-likeness (QED) is 0.777. The summed E-state index contributed by atoms with van der Waals surface area (Å²) in [7, 11) is 1.73. The van der Waals surface area contributed by atoms with Gasteiger partial charge in [0.05, 0.1) is 18.3 Å². The third kappa shape index (κ3) is 1.32. The van der Waals surface area contributed by atoms with Crippen LogP contribution < -0.4 is 9.64 Å². The van der Waals surface area contributed by atoms with Gasteiger partial charge in [-0.25, -0.2) is 0 Å². The molecule has 132 valence electrons. The Morgan fingerprint density at radius 1 is 1.12 bits per heavy atom. The molecule has 2 bridgehead atoms. The molecule has 6 aliphatic rings. The van der Waals surface area contributed by atoms with Crippen LogP contribution >= 0.6 is 0 Å². The fraction of sp³-hybridized carbons (Fsp3) is 0.667. The van der Waals surface area contributed by atoms with Gasteiger partial charge in [-0.3, -0.25) is 9.69 Å². The molecule has 3 heterocycles. The van der Waals surface area contributed by atoms with Crippen LogP contribution in [0.1, 0.15) is 50.5 Å². The highest BCUT2D eigenvalue weighted by molar-refractivity contribution is 5.89. The number of methoxy groups -OCH3 is 1.